The van der Waals surface area contributed by atoms with Crippen molar-refractivity contribution in [1.29, 1.82) is 0 Å². The van der Waals surface area contributed by atoms with E-state index in [0.29, 0.717) is 45.4 Å². The van der Waals surface area contributed by atoms with Crippen molar-refractivity contribution in [3.05, 3.63) is 93.6 Å². The van der Waals surface area contributed by atoms with Crippen molar-refractivity contribution < 1.29 is 18.8 Å². The van der Waals surface area contributed by atoms with Crippen molar-refractivity contribution in [2.24, 2.45) is 0 Å². The van der Waals surface area contributed by atoms with Gasteiger partial charge in [0.2, 0.25) is 0 Å². The summed E-state index contributed by atoms with van der Waals surface area (Å²) in [4.78, 5) is 43.0. The molecule has 2 heterocycles. The van der Waals surface area contributed by atoms with Crippen LogP contribution in [0, 0.1) is 0 Å². The molecule has 0 spiro atoms. The van der Waals surface area contributed by atoms with E-state index in [1.807, 2.05) is 6.07 Å². The first-order valence-electron chi connectivity index (χ1n) is 12.2. The summed E-state index contributed by atoms with van der Waals surface area (Å²) < 4.78 is 10.2. The number of halogens is 1. The highest BCUT2D eigenvalue weighted by molar-refractivity contribution is 6.31. The third-order valence-electron chi connectivity index (χ3n) is 5.96. The number of nitrogens with one attached hydrogen (secondary N) is 4. The third-order valence-corrected chi connectivity index (χ3v) is 6.19. The standard InChI is InChI=1S/C28H24ClN5O5/c1-2-3-13-38-19-10-7-16(8-11-19)26(35)32-22-6-4-5-17-14-23(30-24(17)22)27(36)31-21-12-9-18(29)15-20(21)25-33-28(37)39-34-25/h4-12,14-15,30H,2-3,13H2,1H3,(H,31,36)(H,32,35)(H,33,34,37). The van der Waals surface area contributed by atoms with Crippen LogP contribution in [-0.2, 0) is 0 Å². The van der Waals surface area contributed by atoms with Crippen molar-refractivity contribution in [3.63, 3.8) is 0 Å². The Balaban J connectivity index is 1.34. The van der Waals surface area contributed by atoms with Crippen LogP contribution >= 0.6 is 11.6 Å². The fourth-order valence-electron chi connectivity index (χ4n) is 3.97. The minimum Gasteiger partial charge on any atom is -0.494 e. The zero-order chi connectivity index (χ0) is 27.4. The summed E-state index contributed by atoms with van der Waals surface area (Å²) in [6, 6.07) is 18.7. The van der Waals surface area contributed by atoms with E-state index in [1.165, 1.54) is 0 Å². The Labute approximate surface area is 227 Å². The highest BCUT2D eigenvalue weighted by atomic mass is 35.5. The van der Waals surface area contributed by atoms with Gasteiger partial charge in [0, 0.05) is 21.5 Å². The maximum atomic E-state index is 13.1. The van der Waals surface area contributed by atoms with Crippen LogP contribution in [0.5, 0.6) is 5.75 Å². The zero-order valence-electron chi connectivity index (χ0n) is 20.8. The van der Waals surface area contributed by atoms with Crippen molar-refractivity contribution in [2.75, 3.05) is 17.2 Å². The molecule has 5 aromatic rings. The molecule has 10 nitrogen and oxygen atoms in total. The second-order valence-electron chi connectivity index (χ2n) is 8.72. The molecule has 0 aliphatic heterocycles. The highest BCUT2D eigenvalue weighted by Crippen LogP contribution is 2.30. The predicted octanol–water partition coefficient (Wildman–Crippen LogP) is 5.85. The lowest BCUT2D eigenvalue weighted by atomic mass is 10.1. The van der Waals surface area contributed by atoms with Crippen molar-refractivity contribution >= 4 is 45.7 Å². The molecule has 11 heteroatoms. The molecular formula is C28H24ClN5O5. The van der Waals surface area contributed by atoms with Gasteiger partial charge < -0.3 is 20.4 Å². The van der Waals surface area contributed by atoms with Crippen molar-refractivity contribution in [1.82, 2.24) is 15.1 Å². The number of benzene rings is 3. The Morgan fingerprint density at radius 2 is 1.77 bits per heavy atom. The van der Waals surface area contributed by atoms with Gasteiger partial charge in [-0.15, -0.1) is 0 Å². The van der Waals surface area contributed by atoms with Crippen LogP contribution in [0.4, 0.5) is 11.4 Å². The number of hydrogen-bond donors (Lipinski definition) is 4. The number of nitrogens with zero attached hydrogens (tertiary/aromatic N) is 1. The fraction of sp³-hybridized carbons (Fsp3) is 0.143. The summed E-state index contributed by atoms with van der Waals surface area (Å²) in [6.07, 6.45) is 2.01. The SMILES string of the molecule is CCCCOc1ccc(C(=O)Nc2cccc3cc(C(=O)Nc4ccc(Cl)cc4-c4noc(=O)[nH]4)[nH]c23)cc1. The maximum Gasteiger partial charge on any atom is 0.439 e. The average molecular weight is 546 g/mol. The molecule has 3 aromatic carbocycles. The first-order chi connectivity index (χ1) is 18.9. The first kappa shape index (κ1) is 25.8. The molecule has 5 rings (SSSR count). The predicted molar refractivity (Wildman–Crippen MR) is 149 cm³/mol. The van der Waals surface area contributed by atoms with E-state index >= 15 is 0 Å². The van der Waals surface area contributed by atoms with Crippen LogP contribution in [0.15, 0.2) is 76.0 Å². The van der Waals surface area contributed by atoms with Crippen LogP contribution in [0.1, 0.15) is 40.6 Å². The lowest BCUT2D eigenvalue weighted by Gasteiger charge is -2.09. The van der Waals surface area contributed by atoms with Gasteiger partial charge in [-0.25, -0.2) is 4.79 Å². The van der Waals surface area contributed by atoms with Crippen LogP contribution in [0.3, 0.4) is 0 Å². The third kappa shape index (κ3) is 5.86. The summed E-state index contributed by atoms with van der Waals surface area (Å²) in [6.45, 7) is 2.72. The number of carbonyl (C=O) groups excluding carboxylic acids is 2. The molecule has 2 aromatic heterocycles. The number of aromatic nitrogens is 3. The van der Waals surface area contributed by atoms with Crippen LogP contribution in [0.25, 0.3) is 22.3 Å². The molecule has 0 fully saturated rings. The number of H-pyrrole nitrogens is 2. The monoisotopic (exact) mass is 545 g/mol. The average Bonchev–Trinajstić information content (AvgIpc) is 3.57. The minimum absolute atomic E-state index is 0.125. The van der Waals surface area contributed by atoms with Gasteiger partial charge in [0.25, 0.3) is 11.8 Å². The molecule has 2 amide bonds. The van der Waals surface area contributed by atoms with Crippen LogP contribution < -0.4 is 21.1 Å². The van der Waals surface area contributed by atoms with Gasteiger partial charge in [-0.05, 0) is 61.0 Å². The van der Waals surface area contributed by atoms with E-state index < -0.39 is 11.7 Å². The van der Waals surface area contributed by atoms with Gasteiger partial charge in [0.1, 0.15) is 11.4 Å². The van der Waals surface area contributed by atoms with E-state index in [-0.39, 0.29) is 17.4 Å². The summed E-state index contributed by atoms with van der Waals surface area (Å²) in [5, 5.41) is 10.5. The molecular weight excluding hydrogens is 522 g/mol. The molecule has 0 aliphatic rings. The number of fused-ring (bicyclic) bond motifs is 1. The topological polar surface area (TPSA) is 142 Å². The van der Waals surface area contributed by atoms with Gasteiger partial charge in [-0.1, -0.05) is 42.2 Å². The van der Waals surface area contributed by atoms with Crippen LogP contribution in [0.2, 0.25) is 5.02 Å². The lowest BCUT2D eigenvalue weighted by molar-refractivity contribution is 0.101. The number of rotatable bonds is 9. The van der Waals surface area contributed by atoms with E-state index in [0.717, 1.165) is 18.2 Å². The minimum atomic E-state index is -0.733. The molecule has 0 saturated heterocycles. The van der Waals surface area contributed by atoms with Crippen molar-refractivity contribution in [3.8, 4) is 17.1 Å². The maximum absolute atomic E-state index is 13.1. The van der Waals surface area contributed by atoms with E-state index in [2.05, 4.69) is 37.2 Å². The number of ether oxygens (including phenoxy) is 1. The van der Waals surface area contributed by atoms with Crippen LogP contribution in [-0.4, -0.2) is 33.5 Å². The first-order valence-corrected chi connectivity index (χ1v) is 12.6. The van der Waals surface area contributed by atoms with E-state index in [4.69, 9.17) is 16.3 Å². The number of hydrogen-bond acceptors (Lipinski definition) is 6. The van der Waals surface area contributed by atoms with Gasteiger partial charge in [0.15, 0.2) is 5.82 Å². The summed E-state index contributed by atoms with van der Waals surface area (Å²) >= 11 is 6.11. The quantitative estimate of drug-likeness (QED) is 0.171. The number of amides is 2. The molecule has 0 radical (unpaired) electrons. The zero-order valence-corrected chi connectivity index (χ0v) is 21.6. The van der Waals surface area contributed by atoms with E-state index in [9.17, 15) is 14.4 Å². The van der Waals surface area contributed by atoms with Crippen molar-refractivity contribution in [2.45, 2.75) is 19.8 Å². The van der Waals surface area contributed by atoms with Gasteiger partial charge in [-0.3, -0.25) is 19.1 Å². The molecule has 4 N–H and O–H groups in total. The summed E-state index contributed by atoms with van der Waals surface area (Å²) in [5.74, 6) is -0.642. The number of anilines is 2. The highest BCUT2D eigenvalue weighted by Gasteiger charge is 2.17. The molecule has 0 unspecified atom stereocenters. The molecule has 39 heavy (non-hydrogen) atoms. The second-order valence-corrected chi connectivity index (χ2v) is 9.16. The Bertz CT molecular complexity index is 1700. The van der Waals surface area contributed by atoms with Gasteiger partial charge >= 0.3 is 5.76 Å². The lowest BCUT2D eigenvalue weighted by Crippen LogP contribution is -2.14. The number of para-hydroxylation sites is 1. The molecule has 0 aliphatic carbocycles. The number of carbonyl (C=O) groups is 2. The fourth-order valence-corrected chi connectivity index (χ4v) is 4.14. The summed E-state index contributed by atoms with van der Waals surface area (Å²) in [5.41, 5.74) is 2.59. The molecule has 0 saturated carbocycles. The second kappa shape index (κ2) is 11.3. The Morgan fingerprint density at radius 1 is 0.974 bits per heavy atom. The Morgan fingerprint density at radius 3 is 2.51 bits per heavy atom. The summed E-state index contributed by atoms with van der Waals surface area (Å²) in [7, 11) is 0. The number of unbranched alkanes of at least 4 members (excludes halogenated alkanes) is 1. The Kier molecular flexibility index (Phi) is 7.46. The van der Waals surface area contributed by atoms with Gasteiger partial charge in [-0.2, -0.15) is 0 Å². The normalized spacial score (nSPS) is 10.9. The molecule has 0 bridgehead atoms. The van der Waals surface area contributed by atoms with Gasteiger partial charge in [0.05, 0.1) is 23.5 Å². The van der Waals surface area contributed by atoms with E-state index in [1.54, 1.807) is 60.7 Å². The smallest absolute Gasteiger partial charge is 0.439 e. The Hall–Kier alpha value is -4.83. The molecule has 0 atom stereocenters. The largest absolute Gasteiger partial charge is 0.494 e. The molecule has 198 valence electrons. The number of aromatic amines is 2.